The Kier molecular flexibility index (Phi) is 3.72. The van der Waals surface area contributed by atoms with E-state index in [4.69, 9.17) is 26.3 Å². The maximum atomic E-state index is 9.12. The maximum absolute atomic E-state index is 9.12. The Morgan fingerprint density at radius 2 is 2.24 bits per heavy atom. The molecule has 0 saturated carbocycles. The summed E-state index contributed by atoms with van der Waals surface area (Å²) in [5, 5.41) is 9.52. The second-order valence-corrected chi connectivity index (χ2v) is 5.50. The molecule has 0 aliphatic carbocycles. The molecular formula is C17H14ClNO2. The van der Waals surface area contributed by atoms with Gasteiger partial charge >= 0.3 is 0 Å². The number of benzene rings is 2. The predicted octanol–water partition coefficient (Wildman–Crippen LogP) is 3.90. The Morgan fingerprint density at radius 1 is 1.38 bits per heavy atom. The number of rotatable bonds is 3. The third kappa shape index (κ3) is 2.81. The topological polar surface area (TPSA) is 42.2 Å². The zero-order valence-electron chi connectivity index (χ0n) is 11.6. The van der Waals surface area contributed by atoms with E-state index < -0.39 is 0 Å². The van der Waals surface area contributed by atoms with E-state index in [1.54, 1.807) is 18.2 Å². The van der Waals surface area contributed by atoms with Gasteiger partial charge in [-0.2, -0.15) is 5.26 Å². The number of aryl methyl sites for hydroxylation is 1. The molecule has 0 fully saturated rings. The summed E-state index contributed by atoms with van der Waals surface area (Å²) in [5.74, 6) is 1.42. The van der Waals surface area contributed by atoms with Crippen molar-refractivity contribution in [2.45, 2.75) is 19.4 Å². The van der Waals surface area contributed by atoms with E-state index in [0.717, 1.165) is 12.2 Å². The van der Waals surface area contributed by atoms with Gasteiger partial charge in [0.05, 0.1) is 5.02 Å². The SMILES string of the molecule is Cc1ccc2c(c1)CC(COc1cccc(Cl)c1C#N)O2. The van der Waals surface area contributed by atoms with E-state index in [-0.39, 0.29) is 6.10 Å². The van der Waals surface area contributed by atoms with Crippen molar-refractivity contribution in [3.63, 3.8) is 0 Å². The highest BCUT2D eigenvalue weighted by Crippen LogP contribution is 2.31. The van der Waals surface area contributed by atoms with Crippen LogP contribution in [0.1, 0.15) is 16.7 Å². The first kappa shape index (κ1) is 13.8. The Bertz CT molecular complexity index is 721. The van der Waals surface area contributed by atoms with Gasteiger partial charge in [0.2, 0.25) is 0 Å². The third-order valence-electron chi connectivity index (χ3n) is 3.47. The average molecular weight is 300 g/mol. The number of fused-ring (bicyclic) bond motifs is 1. The summed E-state index contributed by atoms with van der Waals surface area (Å²) in [7, 11) is 0. The molecule has 0 N–H and O–H groups in total. The van der Waals surface area contributed by atoms with Crippen LogP contribution < -0.4 is 9.47 Å². The van der Waals surface area contributed by atoms with Gasteiger partial charge in [0, 0.05) is 6.42 Å². The molecule has 1 heterocycles. The Balaban J connectivity index is 1.68. The van der Waals surface area contributed by atoms with Crippen LogP contribution in [0.15, 0.2) is 36.4 Å². The summed E-state index contributed by atoms with van der Waals surface area (Å²) in [6, 6.07) is 13.4. The van der Waals surface area contributed by atoms with Crippen molar-refractivity contribution in [3.8, 4) is 17.6 Å². The van der Waals surface area contributed by atoms with Crippen LogP contribution in [0.5, 0.6) is 11.5 Å². The number of hydrogen-bond acceptors (Lipinski definition) is 3. The van der Waals surface area contributed by atoms with Gasteiger partial charge in [0.25, 0.3) is 0 Å². The van der Waals surface area contributed by atoms with E-state index >= 15 is 0 Å². The van der Waals surface area contributed by atoms with Crippen LogP contribution in [0.4, 0.5) is 0 Å². The van der Waals surface area contributed by atoms with E-state index in [0.29, 0.717) is 22.9 Å². The maximum Gasteiger partial charge on any atom is 0.138 e. The smallest absolute Gasteiger partial charge is 0.138 e. The van der Waals surface area contributed by atoms with Gasteiger partial charge in [-0.05, 0) is 30.7 Å². The van der Waals surface area contributed by atoms with Gasteiger partial charge in [0.15, 0.2) is 0 Å². The van der Waals surface area contributed by atoms with Crippen molar-refractivity contribution >= 4 is 11.6 Å². The fraction of sp³-hybridized carbons (Fsp3) is 0.235. The first-order chi connectivity index (χ1) is 10.2. The highest BCUT2D eigenvalue weighted by molar-refractivity contribution is 6.31. The molecule has 0 aromatic heterocycles. The lowest BCUT2D eigenvalue weighted by Gasteiger charge is -2.13. The van der Waals surface area contributed by atoms with Crippen molar-refractivity contribution in [1.82, 2.24) is 0 Å². The van der Waals surface area contributed by atoms with Crippen LogP contribution in [0.3, 0.4) is 0 Å². The van der Waals surface area contributed by atoms with Crippen LogP contribution in [-0.4, -0.2) is 12.7 Å². The molecule has 0 spiro atoms. The molecule has 2 aromatic carbocycles. The summed E-state index contributed by atoms with van der Waals surface area (Å²) >= 11 is 5.98. The zero-order valence-corrected chi connectivity index (χ0v) is 12.4. The number of nitrogens with zero attached hydrogens (tertiary/aromatic N) is 1. The molecule has 1 aliphatic rings. The van der Waals surface area contributed by atoms with E-state index in [1.807, 2.05) is 12.1 Å². The molecule has 0 amide bonds. The lowest BCUT2D eigenvalue weighted by molar-refractivity contribution is 0.148. The molecule has 3 rings (SSSR count). The molecule has 0 saturated heterocycles. The minimum Gasteiger partial charge on any atom is -0.488 e. The largest absolute Gasteiger partial charge is 0.488 e. The minimum atomic E-state index is -0.0349. The van der Waals surface area contributed by atoms with Crippen LogP contribution in [0.25, 0.3) is 0 Å². The van der Waals surface area contributed by atoms with Gasteiger partial charge < -0.3 is 9.47 Å². The molecule has 4 heteroatoms. The summed E-state index contributed by atoms with van der Waals surface area (Å²) in [5.41, 5.74) is 2.79. The quantitative estimate of drug-likeness (QED) is 0.863. The monoisotopic (exact) mass is 299 g/mol. The molecule has 0 radical (unpaired) electrons. The molecule has 0 bridgehead atoms. The molecular weight excluding hydrogens is 286 g/mol. The summed E-state index contributed by atoms with van der Waals surface area (Å²) in [4.78, 5) is 0. The first-order valence-electron chi connectivity index (χ1n) is 6.75. The van der Waals surface area contributed by atoms with Crippen molar-refractivity contribution < 1.29 is 9.47 Å². The number of ether oxygens (including phenoxy) is 2. The second-order valence-electron chi connectivity index (χ2n) is 5.09. The molecule has 1 atom stereocenters. The number of hydrogen-bond donors (Lipinski definition) is 0. The van der Waals surface area contributed by atoms with Crippen molar-refractivity contribution in [2.24, 2.45) is 0 Å². The van der Waals surface area contributed by atoms with E-state index in [2.05, 4.69) is 19.1 Å². The average Bonchev–Trinajstić information content (AvgIpc) is 2.87. The molecule has 106 valence electrons. The van der Waals surface area contributed by atoms with Crippen molar-refractivity contribution in [3.05, 3.63) is 58.1 Å². The Morgan fingerprint density at radius 3 is 3.05 bits per heavy atom. The van der Waals surface area contributed by atoms with Gasteiger partial charge in [-0.25, -0.2) is 0 Å². The third-order valence-corrected chi connectivity index (χ3v) is 3.78. The van der Waals surface area contributed by atoms with E-state index in [9.17, 15) is 0 Å². The Hall–Kier alpha value is -2.18. The first-order valence-corrected chi connectivity index (χ1v) is 7.13. The molecule has 1 unspecified atom stereocenters. The van der Waals surface area contributed by atoms with Crippen LogP contribution in [0.2, 0.25) is 5.02 Å². The fourth-order valence-corrected chi connectivity index (χ4v) is 2.67. The number of nitriles is 1. The van der Waals surface area contributed by atoms with Crippen LogP contribution >= 0.6 is 11.6 Å². The summed E-state index contributed by atoms with van der Waals surface area (Å²) < 4.78 is 11.6. The predicted molar refractivity (Wildman–Crippen MR) is 81.0 cm³/mol. The molecule has 3 nitrogen and oxygen atoms in total. The van der Waals surface area contributed by atoms with Crippen molar-refractivity contribution in [1.29, 1.82) is 5.26 Å². The molecule has 1 aliphatic heterocycles. The lowest BCUT2D eigenvalue weighted by Crippen LogP contribution is -2.22. The second kappa shape index (κ2) is 5.67. The van der Waals surface area contributed by atoms with Crippen LogP contribution in [-0.2, 0) is 6.42 Å². The fourth-order valence-electron chi connectivity index (χ4n) is 2.46. The molecule has 21 heavy (non-hydrogen) atoms. The van der Waals surface area contributed by atoms with Gasteiger partial charge in [0.1, 0.15) is 35.8 Å². The normalized spacial score (nSPS) is 16.0. The van der Waals surface area contributed by atoms with E-state index in [1.165, 1.54) is 11.1 Å². The highest BCUT2D eigenvalue weighted by atomic mass is 35.5. The van der Waals surface area contributed by atoms with Gasteiger partial charge in [-0.1, -0.05) is 35.4 Å². The minimum absolute atomic E-state index is 0.0349. The van der Waals surface area contributed by atoms with Crippen molar-refractivity contribution in [2.75, 3.05) is 6.61 Å². The lowest BCUT2D eigenvalue weighted by atomic mass is 10.1. The summed E-state index contributed by atoms with van der Waals surface area (Å²) in [6.45, 7) is 2.46. The summed E-state index contributed by atoms with van der Waals surface area (Å²) in [6.07, 6.45) is 0.784. The standard InChI is InChI=1S/C17H14ClNO2/c1-11-5-6-16-12(7-11)8-13(21-16)10-20-17-4-2-3-15(18)14(17)9-19/h2-7,13H,8,10H2,1H3. The zero-order chi connectivity index (χ0) is 14.8. The molecule has 2 aromatic rings. The highest BCUT2D eigenvalue weighted by Gasteiger charge is 2.23. The number of halogens is 1. The Labute approximate surface area is 128 Å². The van der Waals surface area contributed by atoms with Gasteiger partial charge in [-0.3, -0.25) is 0 Å². The van der Waals surface area contributed by atoms with Crippen LogP contribution in [0, 0.1) is 18.3 Å². The van der Waals surface area contributed by atoms with Gasteiger partial charge in [-0.15, -0.1) is 0 Å².